The largest absolute Gasteiger partial charge is 0.360 e. The van der Waals surface area contributed by atoms with E-state index in [1.807, 2.05) is 44.2 Å². The molecule has 2 bridgehead atoms. The highest BCUT2D eigenvalue weighted by molar-refractivity contribution is 5.95. The third kappa shape index (κ3) is 7.91. The predicted octanol–water partition coefficient (Wildman–Crippen LogP) is -0.534. The van der Waals surface area contributed by atoms with Gasteiger partial charge in [0.25, 0.3) is 11.8 Å². The topological polar surface area (TPSA) is 166 Å². The smallest absolute Gasteiger partial charge is 0.257 e. The summed E-state index contributed by atoms with van der Waals surface area (Å²) in [5.74, 6) is -2.21. The highest BCUT2D eigenvalue weighted by Crippen LogP contribution is 2.16. The van der Waals surface area contributed by atoms with Gasteiger partial charge >= 0.3 is 0 Å². The summed E-state index contributed by atoms with van der Waals surface area (Å²) in [4.78, 5) is 69.0. The van der Waals surface area contributed by atoms with E-state index in [-0.39, 0.29) is 44.4 Å². The van der Waals surface area contributed by atoms with Crippen molar-refractivity contribution in [1.82, 2.24) is 35.9 Å². The highest BCUT2D eigenvalue weighted by atomic mass is 16.5. The number of hydrogen-bond donors (Lipinski definition) is 4. The second-order valence-corrected chi connectivity index (χ2v) is 10.9. The summed E-state index contributed by atoms with van der Waals surface area (Å²) >= 11 is 0. The molecule has 0 unspecified atom stereocenters. The Kier molecular flexibility index (Phi) is 9.71. The number of likely N-dealkylation sites (N-methyl/N-ethyl adjacent to an activating group) is 1. The van der Waals surface area contributed by atoms with E-state index in [4.69, 9.17) is 4.74 Å². The Bertz CT molecular complexity index is 1240. The molecule has 2 aromatic rings. The van der Waals surface area contributed by atoms with E-state index in [0.29, 0.717) is 12.0 Å². The molecule has 1 aromatic carbocycles. The number of morpholine rings is 1. The molecule has 4 atom stereocenters. The Labute approximate surface area is 238 Å². The van der Waals surface area contributed by atoms with Crippen molar-refractivity contribution in [2.75, 3.05) is 33.2 Å². The van der Waals surface area contributed by atoms with Gasteiger partial charge in [0.05, 0.1) is 31.0 Å². The van der Waals surface area contributed by atoms with Crippen LogP contribution in [0.2, 0.25) is 0 Å². The van der Waals surface area contributed by atoms with Crippen LogP contribution in [0.15, 0.2) is 42.7 Å². The number of nitrogens with one attached hydrogen (secondary N) is 4. The molecule has 0 radical (unpaired) electrons. The van der Waals surface area contributed by atoms with Crippen LogP contribution < -0.4 is 16.0 Å². The molecule has 0 saturated carbocycles. The number of aromatic amines is 1. The third-order valence-electron chi connectivity index (χ3n) is 7.01. The molecule has 13 nitrogen and oxygen atoms in total. The summed E-state index contributed by atoms with van der Waals surface area (Å²) < 4.78 is 6.06. The number of H-pyrrole nitrogens is 1. The molecule has 0 spiro atoms. The van der Waals surface area contributed by atoms with E-state index in [1.165, 1.54) is 29.2 Å². The van der Waals surface area contributed by atoms with Crippen molar-refractivity contribution in [3.63, 3.8) is 0 Å². The Hall–Kier alpha value is -4.26. The fourth-order valence-corrected chi connectivity index (χ4v) is 4.97. The second kappa shape index (κ2) is 13.4. The number of amides is 5. The Morgan fingerprint density at radius 2 is 1.80 bits per heavy atom. The van der Waals surface area contributed by atoms with Gasteiger partial charge < -0.3 is 30.5 Å². The number of fused-ring (bicyclic) bond motifs is 2. The van der Waals surface area contributed by atoms with Gasteiger partial charge in [-0.3, -0.25) is 29.1 Å². The molecule has 2 fully saturated rings. The van der Waals surface area contributed by atoms with Gasteiger partial charge in [0.2, 0.25) is 17.7 Å². The Balaban J connectivity index is 1.64. The zero-order valence-corrected chi connectivity index (χ0v) is 23.5. The van der Waals surface area contributed by atoms with Gasteiger partial charge in [-0.05, 0) is 17.9 Å². The molecular formula is C28H37N7O6. The summed E-state index contributed by atoms with van der Waals surface area (Å²) in [6.45, 7) is 3.64. The molecule has 3 heterocycles. The first-order chi connectivity index (χ1) is 19.6. The molecule has 220 valence electrons. The molecular weight excluding hydrogens is 530 g/mol. The van der Waals surface area contributed by atoms with E-state index in [2.05, 4.69) is 26.1 Å². The number of aromatic nitrogens is 2. The van der Waals surface area contributed by atoms with Crippen molar-refractivity contribution in [1.29, 1.82) is 0 Å². The first-order valence-corrected chi connectivity index (χ1v) is 13.7. The van der Waals surface area contributed by atoms with Crippen LogP contribution in [0.4, 0.5) is 0 Å². The van der Waals surface area contributed by atoms with E-state index >= 15 is 0 Å². The van der Waals surface area contributed by atoms with E-state index in [1.54, 1.807) is 0 Å². The lowest BCUT2D eigenvalue weighted by Gasteiger charge is -2.38. The van der Waals surface area contributed by atoms with Crippen LogP contribution in [0.3, 0.4) is 0 Å². The highest BCUT2D eigenvalue weighted by Gasteiger charge is 2.38. The van der Waals surface area contributed by atoms with Crippen molar-refractivity contribution in [3.05, 3.63) is 53.9 Å². The Morgan fingerprint density at radius 3 is 2.49 bits per heavy atom. The summed E-state index contributed by atoms with van der Waals surface area (Å²) in [5, 5.41) is 14.8. The molecule has 4 rings (SSSR count). The van der Waals surface area contributed by atoms with Gasteiger partial charge in [0.1, 0.15) is 12.1 Å². The molecule has 2 aliphatic rings. The molecule has 2 aliphatic heterocycles. The second-order valence-electron chi connectivity index (χ2n) is 10.9. The predicted molar refractivity (Wildman–Crippen MR) is 147 cm³/mol. The first-order valence-electron chi connectivity index (χ1n) is 13.7. The molecule has 4 N–H and O–H groups in total. The minimum Gasteiger partial charge on any atom is -0.360 e. The summed E-state index contributed by atoms with van der Waals surface area (Å²) in [7, 11) is 1.47. The molecule has 2 saturated heterocycles. The number of ether oxygens (including phenoxy) is 1. The number of hydrogen-bond acceptors (Lipinski definition) is 7. The maximum atomic E-state index is 13.5. The van der Waals surface area contributed by atoms with E-state index in [9.17, 15) is 24.0 Å². The lowest BCUT2D eigenvalue weighted by Crippen LogP contribution is -2.59. The van der Waals surface area contributed by atoms with Crippen molar-refractivity contribution < 1.29 is 28.7 Å². The average molecular weight is 568 g/mol. The zero-order chi connectivity index (χ0) is 29.5. The molecule has 13 heteroatoms. The lowest BCUT2D eigenvalue weighted by atomic mass is 10.0. The van der Waals surface area contributed by atoms with Gasteiger partial charge in [-0.25, -0.2) is 0 Å². The van der Waals surface area contributed by atoms with Crippen LogP contribution in [-0.4, -0.2) is 107 Å². The fourth-order valence-electron chi connectivity index (χ4n) is 4.97. The standard InChI is InChI=1S/C28H37N7O6/c1-17(2)9-21-25(37)29-13-20-14-35(27(39)19-11-30-31-12-19)15-23(41-20)26(38)33-22(10-18-7-5-4-6-8-18)28(40)34(3)16-24(36)32-21/h4-8,11-12,17,20-23H,9-10,13-16H2,1-3H3,(H,29,37)(H,30,31)(H,32,36)(H,33,38)/t20-,21+,22-,23-/m1/s1. The SMILES string of the molecule is CC(C)C[C@@H]1NC(=O)CN(C)C(=O)[C@@H](Cc2ccccc2)NC(=O)[C@H]2CN(C(=O)c3cn[nH]c3)C[C@@H](CNC1=O)O2. The average Bonchev–Trinajstić information content (AvgIpc) is 3.49. The maximum Gasteiger partial charge on any atom is 0.257 e. The quantitative estimate of drug-likeness (QED) is 0.377. The van der Waals surface area contributed by atoms with Gasteiger partial charge in [0, 0.05) is 32.8 Å². The molecule has 0 aliphatic carbocycles. The number of nitrogens with zero attached hydrogens (tertiary/aromatic N) is 3. The Morgan fingerprint density at radius 1 is 1.05 bits per heavy atom. The first kappa shape index (κ1) is 29.7. The van der Waals surface area contributed by atoms with E-state index in [0.717, 1.165) is 5.56 Å². The monoisotopic (exact) mass is 567 g/mol. The summed E-state index contributed by atoms with van der Waals surface area (Å²) in [5.41, 5.74) is 1.13. The lowest BCUT2D eigenvalue weighted by molar-refractivity contribution is -0.148. The van der Waals surface area contributed by atoms with Crippen LogP contribution in [-0.2, 0) is 30.3 Å². The summed E-state index contributed by atoms with van der Waals surface area (Å²) in [6, 6.07) is 7.36. The van der Waals surface area contributed by atoms with Gasteiger partial charge in [-0.15, -0.1) is 0 Å². The number of benzene rings is 1. The summed E-state index contributed by atoms with van der Waals surface area (Å²) in [6.07, 6.45) is 1.60. The van der Waals surface area contributed by atoms with Crippen LogP contribution in [0.5, 0.6) is 0 Å². The van der Waals surface area contributed by atoms with Gasteiger partial charge in [-0.1, -0.05) is 44.2 Å². The van der Waals surface area contributed by atoms with Crippen molar-refractivity contribution >= 4 is 29.5 Å². The normalized spacial score (nSPS) is 24.7. The number of carbonyl (C=O) groups excluding carboxylic acids is 5. The minimum absolute atomic E-state index is 0.00846. The van der Waals surface area contributed by atoms with Crippen LogP contribution in [0.25, 0.3) is 0 Å². The van der Waals surface area contributed by atoms with Crippen molar-refractivity contribution in [2.45, 2.75) is 51.0 Å². The van der Waals surface area contributed by atoms with E-state index < -0.39 is 47.9 Å². The maximum absolute atomic E-state index is 13.5. The van der Waals surface area contributed by atoms with Crippen LogP contribution in [0.1, 0.15) is 36.2 Å². The fraction of sp³-hybridized carbons (Fsp3) is 0.500. The molecule has 5 amide bonds. The third-order valence-corrected chi connectivity index (χ3v) is 7.01. The minimum atomic E-state index is -1.10. The van der Waals surface area contributed by atoms with Crippen LogP contribution >= 0.6 is 0 Å². The van der Waals surface area contributed by atoms with Crippen LogP contribution in [0, 0.1) is 5.92 Å². The van der Waals surface area contributed by atoms with Gasteiger partial charge in [0.15, 0.2) is 6.10 Å². The number of carbonyl (C=O) groups is 5. The van der Waals surface area contributed by atoms with Gasteiger partial charge in [-0.2, -0.15) is 5.10 Å². The van der Waals surface area contributed by atoms with Crippen molar-refractivity contribution in [3.8, 4) is 0 Å². The number of rotatable bonds is 5. The van der Waals surface area contributed by atoms with Crippen molar-refractivity contribution in [2.24, 2.45) is 5.92 Å². The molecule has 1 aromatic heterocycles. The zero-order valence-electron chi connectivity index (χ0n) is 23.5. The molecule has 41 heavy (non-hydrogen) atoms.